The zero-order chi connectivity index (χ0) is 15.7. The van der Waals surface area contributed by atoms with Gasteiger partial charge in [-0.15, -0.1) is 0 Å². The number of nitrogen functional groups attached to an aromatic ring is 1. The van der Waals surface area contributed by atoms with Crippen molar-refractivity contribution in [3.8, 4) is 0 Å². The molecule has 116 valence electrons. The number of hydrogen-bond donors (Lipinski definition) is 3. The van der Waals surface area contributed by atoms with Gasteiger partial charge in [-0.1, -0.05) is 6.92 Å². The number of hydrazine groups is 1. The van der Waals surface area contributed by atoms with E-state index in [4.69, 9.17) is 10.5 Å². The van der Waals surface area contributed by atoms with Gasteiger partial charge in [0, 0.05) is 25.4 Å². The molecule has 5 N–H and O–H groups in total. The summed E-state index contributed by atoms with van der Waals surface area (Å²) in [6, 6.07) is 0. The largest absolute Gasteiger partial charge is 0.382 e. The summed E-state index contributed by atoms with van der Waals surface area (Å²) in [5, 5.41) is 0. The van der Waals surface area contributed by atoms with Gasteiger partial charge < -0.3 is 10.6 Å². The highest BCUT2D eigenvalue weighted by molar-refractivity contribution is 5.75. The molecule has 2 heterocycles. The number of nitrogens with one attached hydrogen (secondary N) is 1. The highest BCUT2D eigenvalue weighted by Gasteiger charge is 2.23. The van der Waals surface area contributed by atoms with Crippen LogP contribution >= 0.6 is 0 Å². The molecule has 0 atom stereocenters. The third-order valence-electron chi connectivity index (χ3n) is 3.33. The molecule has 8 nitrogen and oxygen atoms in total. The van der Waals surface area contributed by atoms with E-state index < -0.39 is 0 Å². The first-order valence-electron chi connectivity index (χ1n) is 6.87. The molecule has 0 aliphatic carbocycles. The summed E-state index contributed by atoms with van der Waals surface area (Å²) in [7, 11) is 0. The molecule has 2 rings (SSSR count). The smallest absolute Gasteiger partial charge is 0.222 e. The lowest BCUT2D eigenvalue weighted by atomic mass is 9.93. The van der Waals surface area contributed by atoms with Crippen LogP contribution in [0.1, 0.15) is 37.8 Å². The monoisotopic (exact) mass is 294 g/mol. The second-order valence-corrected chi connectivity index (χ2v) is 4.66. The number of anilines is 1. The summed E-state index contributed by atoms with van der Waals surface area (Å²) in [6.45, 7) is 3.55. The fourth-order valence-corrected chi connectivity index (χ4v) is 2.21. The molecular weight excluding hydrogens is 272 g/mol. The average molecular weight is 294 g/mol. The maximum Gasteiger partial charge on any atom is 0.222 e. The van der Waals surface area contributed by atoms with Gasteiger partial charge in [0.1, 0.15) is 5.82 Å². The van der Waals surface area contributed by atoms with Crippen molar-refractivity contribution in [2.75, 3.05) is 18.8 Å². The minimum Gasteiger partial charge on any atom is -0.382 e. The minimum atomic E-state index is 0.242. The summed E-state index contributed by atoms with van der Waals surface area (Å²) in [4.78, 5) is 30.8. The predicted molar refractivity (Wildman–Crippen MR) is 78.7 cm³/mol. The lowest BCUT2D eigenvalue weighted by Gasteiger charge is -2.31. The van der Waals surface area contributed by atoms with E-state index in [0.717, 1.165) is 31.6 Å². The van der Waals surface area contributed by atoms with Crippen molar-refractivity contribution in [2.45, 2.75) is 32.1 Å². The Morgan fingerprint density at radius 2 is 2.05 bits per heavy atom. The van der Waals surface area contributed by atoms with Gasteiger partial charge >= 0.3 is 0 Å². The standard InChI is InChI=1S/C12H18N4O.CH4N2O/c1-2-12(17)16-5-3-9(4-6-16)10-7-15-11(13)8-14-10;2-3-1-4/h7-9H,2-6H2,1H3,(H2,13,15);1H,2H2,(H,3,4). The van der Waals surface area contributed by atoms with Crippen molar-refractivity contribution in [2.24, 2.45) is 5.84 Å². The van der Waals surface area contributed by atoms with E-state index in [9.17, 15) is 4.79 Å². The van der Waals surface area contributed by atoms with E-state index in [0.29, 0.717) is 24.6 Å². The molecule has 1 aromatic rings. The van der Waals surface area contributed by atoms with Crippen molar-refractivity contribution in [1.82, 2.24) is 20.3 Å². The van der Waals surface area contributed by atoms with Crippen LogP contribution in [0.4, 0.5) is 5.82 Å². The highest BCUT2D eigenvalue weighted by Crippen LogP contribution is 2.26. The normalized spacial score (nSPS) is 14.9. The highest BCUT2D eigenvalue weighted by atomic mass is 16.2. The van der Waals surface area contributed by atoms with E-state index >= 15 is 0 Å². The van der Waals surface area contributed by atoms with Crippen LogP contribution in [0.2, 0.25) is 0 Å². The fraction of sp³-hybridized carbons (Fsp3) is 0.538. The Kier molecular flexibility index (Phi) is 7.10. The molecule has 0 radical (unpaired) electrons. The first-order chi connectivity index (χ1) is 10.1. The van der Waals surface area contributed by atoms with Gasteiger partial charge in [0.2, 0.25) is 12.3 Å². The number of carbonyl (C=O) groups excluding carboxylic acids is 2. The first kappa shape index (κ1) is 16.8. The first-order valence-corrected chi connectivity index (χ1v) is 6.87. The van der Waals surface area contributed by atoms with Gasteiger partial charge in [-0.2, -0.15) is 0 Å². The molecule has 0 saturated carbocycles. The number of amides is 2. The van der Waals surface area contributed by atoms with E-state index in [2.05, 4.69) is 15.8 Å². The zero-order valence-electron chi connectivity index (χ0n) is 12.2. The Bertz CT molecular complexity index is 442. The molecule has 1 aliphatic rings. The lowest BCUT2D eigenvalue weighted by molar-refractivity contribution is -0.131. The molecule has 1 aromatic heterocycles. The number of likely N-dealkylation sites (tertiary alicyclic amines) is 1. The summed E-state index contributed by atoms with van der Waals surface area (Å²) >= 11 is 0. The van der Waals surface area contributed by atoms with Crippen LogP contribution in [0.5, 0.6) is 0 Å². The summed E-state index contributed by atoms with van der Waals surface area (Å²) in [5.41, 5.74) is 8.25. The molecule has 0 unspecified atom stereocenters. The third kappa shape index (κ3) is 5.35. The minimum absolute atomic E-state index is 0.242. The maximum absolute atomic E-state index is 11.5. The molecule has 2 amide bonds. The zero-order valence-corrected chi connectivity index (χ0v) is 12.2. The van der Waals surface area contributed by atoms with Crippen LogP contribution in [-0.2, 0) is 9.59 Å². The van der Waals surface area contributed by atoms with Crippen LogP contribution < -0.4 is 17.0 Å². The quantitative estimate of drug-likeness (QED) is 0.306. The summed E-state index contributed by atoms with van der Waals surface area (Å²) < 4.78 is 0. The topological polar surface area (TPSA) is 127 Å². The van der Waals surface area contributed by atoms with Gasteiger partial charge in [-0.3, -0.25) is 20.0 Å². The van der Waals surface area contributed by atoms with Gasteiger partial charge in [-0.05, 0) is 12.8 Å². The van der Waals surface area contributed by atoms with E-state index in [1.54, 1.807) is 17.8 Å². The Balaban J connectivity index is 0.000000491. The van der Waals surface area contributed by atoms with Crippen molar-refractivity contribution < 1.29 is 9.59 Å². The molecule has 1 saturated heterocycles. The Hall–Kier alpha value is -2.22. The predicted octanol–water partition coefficient (Wildman–Crippen LogP) is -0.219. The second-order valence-electron chi connectivity index (χ2n) is 4.66. The van der Waals surface area contributed by atoms with E-state index in [1.807, 2.05) is 11.8 Å². The maximum atomic E-state index is 11.5. The molecular formula is C13H22N6O2. The average Bonchev–Trinajstić information content (AvgIpc) is 2.55. The van der Waals surface area contributed by atoms with Crippen LogP contribution in [-0.4, -0.2) is 40.3 Å². The third-order valence-corrected chi connectivity index (χ3v) is 3.33. The molecule has 8 heteroatoms. The molecule has 0 aromatic carbocycles. The molecule has 1 fully saturated rings. The number of piperidine rings is 1. The molecule has 0 bridgehead atoms. The molecule has 1 aliphatic heterocycles. The van der Waals surface area contributed by atoms with Crippen molar-refractivity contribution >= 4 is 18.1 Å². The summed E-state index contributed by atoms with van der Waals surface area (Å²) in [6.07, 6.45) is 6.26. The molecule has 21 heavy (non-hydrogen) atoms. The summed E-state index contributed by atoms with van der Waals surface area (Å²) in [5.74, 6) is 5.51. The number of carbonyl (C=O) groups is 2. The fourth-order valence-electron chi connectivity index (χ4n) is 2.21. The number of nitrogens with zero attached hydrogens (tertiary/aromatic N) is 3. The SMILES string of the molecule is CCC(=O)N1CCC(c2cnc(N)cn2)CC1.NNC=O. The van der Waals surface area contributed by atoms with Crippen LogP contribution in [0, 0.1) is 0 Å². The van der Waals surface area contributed by atoms with E-state index in [-0.39, 0.29) is 5.91 Å². The van der Waals surface area contributed by atoms with Crippen LogP contribution in [0.3, 0.4) is 0 Å². The Labute approximate surface area is 123 Å². The van der Waals surface area contributed by atoms with Crippen LogP contribution in [0.15, 0.2) is 12.4 Å². The number of rotatable bonds is 3. The lowest BCUT2D eigenvalue weighted by Crippen LogP contribution is -2.37. The van der Waals surface area contributed by atoms with Gasteiger partial charge in [0.05, 0.1) is 18.1 Å². The second kappa shape index (κ2) is 8.85. The van der Waals surface area contributed by atoms with Crippen molar-refractivity contribution in [1.29, 1.82) is 0 Å². The van der Waals surface area contributed by atoms with Gasteiger partial charge in [-0.25, -0.2) is 10.8 Å². The number of aromatic nitrogens is 2. The Morgan fingerprint density at radius 3 is 2.48 bits per heavy atom. The van der Waals surface area contributed by atoms with Crippen molar-refractivity contribution in [3.05, 3.63) is 18.1 Å². The van der Waals surface area contributed by atoms with Gasteiger partial charge in [0.15, 0.2) is 0 Å². The number of hydrogen-bond acceptors (Lipinski definition) is 6. The van der Waals surface area contributed by atoms with Crippen molar-refractivity contribution in [3.63, 3.8) is 0 Å². The Morgan fingerprint density at radius 1 is 1.43 bits per heavy atom. The van der Waals surface area contributed by atoms with Gasteiger partial charge in [0.25, 0.3) is 0 Å². The number of nitrogens with two attached hydrogens (primary N) is 2. The van der Waals surface area contributed by atoms with E-state index in [1.165, 1.54) is 0 Å². The van der Waals surface area contributed by atoms with Crippen LogP contribution in [0.25, 0.3) is 0 Å². The molecule has 0 spiro atoms.